The second kappa shape index (κ2) is 5.72. The Hall–Kier alpha value is -2.05. The summed E-state index contributed by atoms with van der Waals surface area (Å²) in [5, 5.41) is 0. The van der Waals surface area contributed by atoms with Crippen molar-refractivity contribution in [2.75, 3.05) is 38.2 Å². The summed E-state index contributed by atoms with van der Waals surface area (Å²) in [6, 6.07) is 11.8. The molecule has 26 heavy (non-hydrogen) atoms. The van der Waals surface area contributed by atoms with E-state index >= 15 is 0 Å². The highest BCUT2D eigenvalue weighted by Crippen LogP contribution is 2.48. The van der Waals surface area contributed by atoms with E-state index in [1.807, 2.05) is 24.3 Å². The molecule has 4 heterocycles. The smallest absolute Gasteiger partial charge is 0.211 e. The maximum atomic E-state index is 13.2. The van der Waals surface area contributed by atoms with Crippen molar-refractivity contribution in [3.8, 4) is 16.9 Å². The number of piperidine rings is 1. The third kappa shape index (κ3) is 2.21. The molecular formula is C20H22N2O3S. The van der Waals surface area contributed by atoms with Gasteiger partial charge in [0, 0.05) is 49.0 Å². The van der Waals surface area contributed by atoms with Crippen molar-refractivity contribution < 1.29 is 13.2 Å². The highest BCUT2D eigenvalue weighted by atomic mass is 32.2. The van der Waals surface area contributed by atoms with Gasteiger partial charge in [0.2, 0.25) is 9.84 Å². The highest BCUT2D eigenvalue weighted by Gasteiger charge is 2.37. The van der Waals surface area contributed by atoms with Crippen LogP contribution in [0.25, 0.3) is 11.1 Å². The van der Waals surface area contributed by atoms with Crippen molar-refractivity contribution in [1.82, 2.24) is 4.90 Å². The molecule has 4 aliphatic rings. The number of nitrogens with zero attached hydrogens (tertiary/aromatic N) is 2. The van der Waals surface area contributed by atoms with Gasteiger partial charge < -0.3 is 14.5 Å². The summed E-state index contributed by atoms with van der Waals surface area (Å²) >= 11 is 0. The number of hydrogen-bond acceptors (Lipinski definition) is 5. The molecule has 6 heteroatoms. The van der Waals surface area contributed by atoms with Crippen molar-refractivity contribution in [3.63, 3.8) is 0 Å². The van der Waals surface area contributed by atoms with E-state index in [-0.39, 0.29) is 0 Å². The van der Waals surface area contributed by atoms with Crippen LogP contribution in [0.15, 0.2) is 46.2 Å². The second-order valence-electron chi connectivity index (χ2n) is 7.29. The molecule has 3 fully saturated rings. The Morgan fingerprint density at radius 1 is 1.00 bits per heavy atom. The van der Waals surface area contributed by atoms with E-state index in [0.717, 1.165) is 55.8 Å². The van der Waals surface area contributed by atoms with Crippen molar-refractivity contribution in [1.29, 1.82) is 0 Å². The summed E-state index contributed by atoms with van der Waals surface area (Å²) < 4.78 is 31.8. The first-order valence-corrected chi connectivity index (χ1v) is 10.6. The van der Waals surface area contributed by atoms with E-state index in [1.165, 1.54) is 7.11 Å². The van der Waals surface area contributed by atoms with E-state index in [4.69, 9.17) is 4.74 Å². The summed E-state index contributed by atoms with van der Waals surface area (Å²) in [4.78, 5) is 5.62. The van der Waals surface area contributed by atoms with Crippen molar-refractivity contribution in [2.45, 2.75) is 28.7 Å². The van der Waals surface area contributed by atoms with Crippen LogP contribution < -0.4 is 9.64 Å². The zero-order chi connectivity index (χ0) is 17.9. The van der Waals surface area contributed by atoms with E-state index in [2.05, 4.69) is 15.9 Å². The molecule has 2 aromatic carbocycles. The van der Waals surface area contributed by atoms with Crippen molar-refractivity contribution >= 4 is 15.5 Å². The Balaban J connectivity index is 1.63. The zero-order valence-corrected chi connectivity index (χ0v) is 15.6. The first kappa shape index (κ1) is 16.1. The lowest BCUT2D eigenvalue weighted by Gasteiger charge is -2.33. The molecule has 0 spiro atoms. The fourth-order valence-corrected chi connectivity index (χ4v) is 6.48. The van der Waals surface area contributed by atoms with Crippen LogP contribution in [0, 0.1) is 0 Å². The number of sulfone groups is 1. The van der Waals surface area contributed by atoms with Gasteiger partial charge in [0.05, 0.1) is 12.0 Å². The molecule has 6 rings (SSSR count). The van der Waals surface area contributed by atoms with Crippen LogP contribution in [0.1, 0.15) is 12.8 Å². The Bertz CT molecular complexity index is 979. The van der Waals surface area contributed by atoms with Crippen LogP contribution in [0.3, 0.4) is 0 Å². The van der Waals surface area contributed by atoms with E-state index < -0.39 is 9.84 Å². The molecule has 0 N–H and O–H groups in total. The summed E-state index contributed by atoms with van der Waals surface area (Å²) in [5.74, 6) is 0.418. The number of methoxy groups -OCH3 is 1. The van der Waals surface area contributed by atoms with Crippen LogP contribution in [0.4, 0.5) is 5.69 Å². The number of ether oxygens (including phenoxy) is 1. The minimum atomic E-state index is -3.55. The standard InChI is InChI=1S/C20H22N2O3S/c1-25-18-4-2-3-17-16-6-5-15(13-19(16)26(23,24)20(17)18)22-12-11-21-9-7-14(22)8-10-21/h2-6,13-14H,7-12H2,1H3. The van der Waals surface area contributed by atoms with Crippen LogP contribution in [-0.2, 0) is 9.84 Å². The summed E-state index contributed by atoms with van der Waals surface area (Å²) in [6.45, 7) is 4.30. The molecule has 0 atom stereocenters. The van der Waals surface area contributed by atoms with Gasteiger partial charge in [-0.05, 0) is 31.0 Å². The molecule has 2 bridgehead atoms. The quantitative estimate of drug-likeness (QED) is 0.694. The van der Waals surface area contributed by atoms with E-state index in [1.54, 1.807) is 6.07 Å². The summed E-state index contributed by atoms with van der Waals surface area (Å²) in [7, 11) is -2.04. The van der Waals surface area contributed by atoms with Gasteiger partial charge in [0.25, 0.3) is 0 Å². The predicted octanol–water partition coefficient (Wildman–Crippen LogP) is 2.79. The maximum absolute atomic E-state index is 13.2. The normalized spacial score (nSPS) is 25.5. The van der Waals surface area contributed by atoms with Crippen molar-refractivity contribution in [3.05, 3.63) is 36.4 Å². The van der Waals surface area contributed by atoms with Gasteiger partial charge in [-0.3, -0.25) is 0 Å². The van der Waals surface area contributed by atoms with Gasteiger partial charge >= 0.3 is 0 Å². The van der Waals surface area contributed by atoms with E-state index in [0.29, 0.717) is 21.6 Å². The Labute approximate surface area is 154 Å². The van der Waals surface area contributed by atoms with Gasteiger partial charge in [-0.15, -0.1) is 0 Å². The fourth-order valence-electron chi connectivity index (χ4n) is 4.64. The molecule has 4 aliphatic heterocycles. The van der Waals surface area contributed by atoms with Crippen LogP contribution in [-0.4, -0.2) is 52.6 Å². The number of anilines is 1. The average Bonchev–Trinajstić information content (AvgIpc) is 2.88. The van der Waals surface area contributed by atoms with E-state index in [9.17, 15) is 8.42 Å². The molecule has 0 saturated carbocycles. The lowest BCUT2D eigenvalue weighted by atomic mass is 10.0. The van der Waals surface area contributed by atoms with Crippen molar-refractivity contribution in [2.24, 2.45) is 0 Å². The van der Waals surface area contributed by atoms with Gasteiger partial charge in [0.1, 0.15) is 10.6 Å². The molecule has 0 aliphatic carbocycles. The number of benzene rings is 2. The minimum Gasteiger partial charge on any atom is -0.495 e. The molecule has 2 aromatic rings. The second-order valence-corrected chi connectivity index (χ2v) is 9.14. The third-order valence-electron chi connectivity index (χ3n) is 6.00. The van der Waals surface area contributed by atoms with Crippen LogP contribution in [0.2, 0.25) is 0 Å². The first-order valence-electron chi connectivity index (χ1n) is 9.15. The summed E-state index contributed by atoms with van der Waals surface area (Å²) in [6.07, 6.45) is 2.30. The minimum absolute atomic E-state index is 0.303. The molecular weight excluding hydrogens is 348 g/mol. The molecule has 3 saturated heterocycles. The maximum Gasteiger partial charge on any atom is 0.211 e. The molecule has 0 aromatic heterocycles. The average molecular weight is 370 g/mol. The van der Waals surface area contributed by atoms with Gasteiger partial charge in [-0.25, -0.2) is 8.42 Å². The number of fused-ring (bicyclic) bond motifs is 7. The number of hydrogen-bond donors (Lipinski definition) is 0. The Morgan fingerprint density at radius 3 is 2.58 bits per heavy atom. The predicted molar refractivity (Wildman–Crippen MR) is 101 cm³/mol. The number of rotatable bonds is 2. The molecule has 0 radical (unpaired) electrons. The lowest BCUT2D eigenvalue weighted by Crippen LogP contribution is -2.37. The first-order chi connectivity index (χ1) is 12.6. The van der Waals surface area contributed by atoms with Crippen LogP contribution in [0.5, 0.6) is 5.75 Å². The van der Waals surface area contributed by atoms with Gasteiger partial charge in [-0.2, -0.15) is 0 Å². The fraction of sp³-hybridized carbons (Fsp3) is 0.400. The zero-order valence-electron chi connectivity index (χ0n) is 14.8. The monoisotopic (exact) mass is 370 g/mol. The largest absolute Gasteiger partial charge is 0.495 e. The molecule has 5 nitrogen and oxygen atoms in total. The Kier molecular flexibility index (Phi) is 3.56. The molecule has 0 amide bonds. The highest BCUT2D eigenvalue weighted by molar-refractivity contribution is 7.92. The molecule has 0 unspecified atom stereocenters. The Morgan fingerprint density at radius 2 is 1.81 bits per heavy atom. The van der Waals surface area contributed by atoms with Crippen LogP contribution >= 0.6 is 0 Å². The van der Waals surface area contributed by atoms with Gasteiger partial charge in [-0.1, -0.05) is 18.2 Å². The summed E-state index contributed by atoms with van der Waals surface area (Å²) in [5.41, 5.74) is 2.55. The lowest BCUT2D eigenvalue weighted by molar-refractivity contribution is 0.250. The molecule has 136 valence electrons. The van der Waals surface area contributed by atoms with Gasteiger partial charge in [0.15, 0.2) is 0 Å². The SMILES string of the molecule is COc1cccc2c1S(=O)(=O)c1cc(N3CCN4CCC3CC4)ccc1-2. The third-order valence-corrected chi connectivity index (χ3v) is 7.87. The topological polar surface area (TPSA) is 49.9 Å².